The molecule has 2 aliphatic heterocycles. The number of carbonyl (C=O) groups is 5. The van der Waals surface area contributed by atoms with Crippen molar-refractivity contribution in [1.82, 2.24) is 35.9 Å². The van der Waals surface area contributed by atoms with Crippen LogP contribution < -0.4 is 60.3 Å². The SMILES string of the molecule is C=Cc1c(C)/c2[nH]/c1=C\c1[nH]c(c(CC)c1C)/C=c1\[nH]c(c(C(=O)O)c1C)=C(C)C1=NC(/C=2)[C@@H](C)[C@@H]1CCC(=O)N[C@@H](CCCN=C(N)N)C(=O)N[C@@H](CCCN=C(N)N)C(=O)N[C@@H](Cc1c[nH]c2ccccc12)C(=O)O. The minimum atomic E-state index is -1.36. The zero-order valence-corrected chi connectivity index (χ0v) is 44.5. The van der Waals surface area contributed by atoms with Crippen LogP contribution in [0.2, 0.25) is 0 Å². The smallest absolute Gasteiger partial charge is 0.338 e. The summed E-state index contributed by atoms with van der Waals surface area (Å²) >= 11 is 0. The monoisotopic (exact) mass is 1050 g/mol. The minimum Gasteiger partial charge on any atom is -0.480 e. The van der Waals surface area contributed by atoms with Gasteiger partial charge in [-0.3, -0.25) is 29.4 Å². The first-order chi connectivity index (χ1) is 36.7. The Bertz CT molecular complexity index is 3450. The van der Waals surface area contributed by atoms with Crippen LogP contribution in [0, 0.1) is 32.6 Å². The summed E-state index contributed by atoms with van der Waals surface area (Å²) in [5.74, 6) is -5.14. The van der Waals surface area contributed by atoms with Crippen molar-refractivity contribution in [1.29, 1.82) is 0 Å². The summed E-state index contributed by atoms with van der Waals surface area (Å²) in [6.45, 7) is 16.3. The summed E-state index contributed by atoms with van der Waals surface area (Å²) in [7, 11) is 0. The number of aliphatic imine (C=N–C) groups is 3. The molecular weight excluding hydrogens is 981 g/mol. The van der Waals surface area contributed by atoms with Crippen molar-refractivity contribution in [3.63, 3.8) is 0 Å². The molecule has 6 atom stereocenters. The molecule has 4 aromatic heterocycles. The second kappa shape index (κ2) is 24.4. The maximum Gasteiger partial charge on any atom is 0.338 e. The molecule has 77 heavy (non-hydrogen) atoms. The summed E-state index contributed by atoms with van der Waals surface area (Å²) < 4.78 is 0. The standard InChI is InChI=1S/C56H72N14O7/c1-8-33-27(3)40-23-42-29(5)35(49(67-42)31(7)50-48(54(76)77)30(6)43(68-50)25-45-34(9-2)28(4)41(65-45)24-44(33)64-40)18-19-47(71)66-38(16-12-20-61-55(57)58)51(72)69-39(17-13-21-62-56(59)60)52(73)70-46(53(74)75)22-32-26-63-37-15-11-10-14-36(32)37/h8,10-11,14-15,23-26,29,35,38-39,42,46,63-65,68H,1,9,12-13,16-22H2,2-7H3,(H,66,71)(H,69,72)(H,70,73)(H,74,75)(H,76,77)(H4,57,58,61)(H4,59,60,62)/b40-23+,43-25-,44-24-,50-31?/t29-,35-,38-,39-,42?,46-/m0/s1. The maximum atomic E-state index is 14.4. The lowest BCUT2D eigenvalue weighted by Crippen LogP contribution is -2.56. The van der Waals surface area contributed by atoms with Gasteiger partial charge in [0, 0.05) is 87.7 Å². The van der Waals surface area contributed by atoms with E-state index in [0.29, 0.717) is 33.1 Å². The van der Waals surface area contributed by atoms with Crippen LogP contribution in [0.4, 0.5) is 0 Å². The third-order valence-corrected chi connectivity index (χ3v) is 14.9. The van der Waals surface area contributed by atoms with Gasteiger partial charge in [-0.1, -0.05) is 44.7 Å². The zero-order chi connectivity index (χ0) is 55.8. The largest absolute Gasteiger partial charge is 0.480 e. The molecule has 6 heterocycles. The number of aromatic amines is 4. The molecule has 0 fully saturated rings. The Labute approximate surface area is 445 Å². The van der Waals surface area contributed by atoms with Gasteiger partial charge in [-0.25, -0.2) is 9.59 Å². The minimum absolute atomic E-state index is 0.0182. The number of H-pyrrole nitrogens is 4. The first kappa shape index (κ1) is 56.1. The molecule has 2 aliphatic rings. The lowest BCUT2D eigenvalue weighted by molar-refractivity contribution is -0.142. The number of hydrogen-bond acceptors (Lipinski definition) is 8. The van der Waals surface area contributed by atoms with Crippen molar-refractivity contribution in [2.24, 2.45) is 49.7 Å². The highest BCUT2D eigenvalue weighted by atomic mass is 16.4. The Morgan fingerprint density at radius 3 is 2.06 bits per heavy atom. The van der Waals surface area contributed by atoms with Gasteiger partial charge in [-0.05, 0) is 130 Å². The van der Waals surface area contributed by atoms with E-state index in [-0.39, 0.29) is 87.4 Å². The molecule has 408 valence electrons. The molecular formula is C56H72N14O7. The van der Waals surface area contributed by atoms with Gasteiger partial charge < -0.3 is 69.0 Å². The summed E-state index contributed by atoms with van der Waals surface area (Å²) in [6.07, 6.45) is 11.1. The normalized spacial score (nSPS) is 18.2. The predicted molar refractivity (Wildman–Crippen MR) is 301 cm³/mol. The van der Waals surface area contributed by atoms with E-state index in [1.165, 1.54) is 0 Å². The van der Waals surface area contributed by atoms with E-state index in [1.54, 1.807) is 13.1 Å². The van der Waals surface area contributed by atoms with E-state index in [4.69, 9.17) is 27.9 Å². The van der Waals surface area contributed by atoms with Gasteiger partial charge in [0.05, 0.1) is 17.0 Å². The van der Waals surface area contributed by atoms with E-state index in [2.05, 4.69) is 85.4 Å². The predicted octanol–water partition coefficient (Wildman–Crippen LogP) is 1.35. The Morgan fingerprint density at radius 2 is 1.44 bits per heavy atom. The number of amides is 3. The quantitative estimate of drug-likeness (QED) is 0.0267. The van der Waals surface area contributed by atoms with Crippen LogP contribution in [0.5, 0.6) is 0 Å². The summed E-state index contributed by atoms with van der Waals surface area (Å²) in [6, 6.07) is 3.19. The average molecular weight is 1050 g/mol. The molecule has 0 saturated carbocycles. The van der Waals surface area contributed by atoms with Gasteiger partial charge >= 0.3 is 11.9 Å². The molecule has 7 rings (SSSR count). The third kappa shape index (κ3) is 12.7. The van der Waals surface area contributed by atoms with E-state index >= 15 is 0 Å². The molecule has 17 N–H and O–H groups in total. The lowest BCUT2D eigenvalue weighted by atomic mass is 9.82. The number of nitrogens with two attached hydrogens (primary N) is 4. The number of carboxylic acids is 2. The number of rotatable bonds is 22. The number of aliphatic carboxylic acids is 1. The van der Waals surface area contributed by atoms with Gasteiger partial charge in [0.1, 0.15) is 18.1 Å². The Morgan fingerprint density at radius 1 is 0.805 bits per heavy atom. The Balaban J connectivity index is 1.19. The number of aromatic carboxylic acids is 1. The molecule has 8 bridgehead atoms. The molecule has 1 unspecified atom stereocenters. The van der Waals surface area contributed by atoms with E-state index in [1.807, 2.05) is 50.3 Å². The molecule has 21 heteroatoms. The van der Waals surface area contributed by atoms with Crippen molar-refractivity contribution in [2.75, 3.05) is 13.1 Å². The average Bonchev–Trinajstić information content (AvgIpc) is 4.21. The Kier molecular flexibility index (Phi) is 17.8. The number of guanidine groups is 2. The van der Waals surface area contributed by atoms with Crippen molar-refractivity contribution in [2.45, 2.75) is 117 Å². The van der Waals surface area contributed by atoms with E-state index in [0.717, 1.165) is 61.7 Å². The number of carbonyl (C=O) groups excluding carboxylic acids is 3. The number of nitrogens with zero attached hydrogens (tertiary/aromatic N) is 3. The van der Waals surface area contributed by atoms with E-state index in [9.17, 15) is 34.2 Å². The highest BCUT2D eigenvalue weighted by molar-refractivity contribution is 6.20. The molecule has 0 spiro atoms. The number of fused-ring (bicyclic) bond motifs is 8. The van der Waals surface area contributed by atoms with Gasteiger partial charge in [0.2, 0.25) is 17.7 Å². The number of nitrogens with one attached hydrogen (secondary N) is 7. The molecule has 0 saturated heterocycles. The number of aromatic nitrogens is 4. The Hall–Kier alpha value is -8.62. The van der Waals surface area contributed by atoms with Gasteiger partial charge in [-0.2, -0.15) is 0 Å². The molecule has 3 amide bonds. The van der Waals surface area contributed by atoms with E-state index < -0.39 is 53.8 Å². The van der Waals surface area contributed by atoms with Gasteiger partial charge in [-0.15, -0.1) is 0 Å². The van der Waals surface area contributed by atoms with Crippen molar-refractivity contribution in [3.8, 4) is 0 Å². The van der Waals surface area contributed by atoms with Crippen LogP contribution in [-0.2, 0) is 32.0 Å². The van der Waals surface area contributed by atoms with Crippen LogP contribution in [0.1, 0.15) is 114 Å². The first-order valence-corrected chi connectivity index (χ1v) is 26.0. The maximum absolute atomic E-state index is 14.4. The first-order valence-electron chi connectivity index (χ1n) is 26.0. The molecule has 0 aliphatic carbocycles. The van der Waals surface area contributed by atoms with Crippen LogP contribution in [0.15, 0.2) is 52.0 Å². The number of para-hydroxylation sites is 1. The highest BCUT2D eigenvalue weighted by Gasteiger charge is 2.37. The fourth-order valence-electron chi connectivity index (χ4n) is 10.7. The summed E-state index contributed by atoms with van der Waals surface area (Å²) in [5.41, 5.74) is 31.6. The number of carboxylic acid groups (broad SMARTS) is 2. The van der Waals surface area contributed by atoms with Crippen molar-refractivity contribution in [3.05, 3.63) is 109 Å². The van der Waals surface area contributed by atoms with Crippen molar-refractivity contribution >= 4 is 88.1 Å². The summed E-state index contributed by atoms with van der Waals surface area (Å²) in [5, 5.41) is 32.9. The van der Waals surface area contributed by atoms with Gasteiger partial charge in [0.15, 0.2) is 11.9 Å². The zero-order valence-electron chi connectivity index (χ0n) is 44.5. The lowest BCUT2D eigenvalue weighted by Gasteiger charge is -2.25. The fourth-order valence-corrected chi connectivity index (χ4v) is 10.7. The van der Waals surface area contributed by atoms with Crippen LogP contribution >= 0.6 is 0 Å². The third-order valence-electron chi connectivity index (χ3n) is 14.9. The number of hydrogen-bond donors (Lipinski definition) is 13. The van der Waals surface area contributed by atoms with Crippen LogP contribution in [-0.4, -0.2) is 115 Å². The van der Waals surface area contributed by atoms with Crippen LogP contribution in [0.3, 0.4) is 0 Å². The van der Waals surface area contributed by atoms with Gasteiger partial charge in [0.25, 0.3) is 0 Å². The van der Waals surface area contributed by atoms with Crippen molar-refractivity contribution < 1.29 is 34.2 Å². The second-order valence-corrected chi connectivity index (χ2v) is 20.0. The summed E-state index contributed by atoms with van der Waals surface area (Å²) in [4.78, 5) is 95.6. The molecule has 21 nitrogen and oxygen atoms in total. The molecule has 1 aromatic carbocycles. The second-order valence-electron chi connectivity index (χ2n) is 20.0. The fraction of sp³-hybridized carbons (Fsp3) is 0.393. The molecule has 5 aromatic rings. The topological polar surface area (TPSA) is 366 Å². The van der Waals surface area contributed by atoms with Crippen LogP contribution in [0.25, 0.3) is 40.8 Å². The molecule has 0 radical (unpaired) electrons. The highest BCUT2D eigenvalue weighted by Crippen LogP contribution is 2.35. The number of benzene rings is 1.